The molecule has 0 saturated carbocycles. The van der Waals surface area contributed by atoms with Gasteiger partial charge in [-0.15, -0.1) is 0 Å². The molecule has 0 aromatic heterocycles. The Labute approximate surface area is 121 Å². The molecule has 0 fully saturated rings. The maximum Gasteiger partial charge on any atom is 0.121 e. The minimum atomic E-state index is 0. The van der Waals surface area contributed by atoms with Crippen LogP contribution in [0.25, 0.3) is 0 Å². The fraction of sp³-hybridized carbons (Fsp3) is 0.200. The summed E-state index contributed by atoms with van der Waals surface area (Å²) in [7, 11) is 0. The van der Waals surface area contributed by atoms with Crippen molar-refractivity contribution in [2.24, 2.45) is 4.99 Å². The monoisotopic (exact) mass is 347 g/mol. The van der Waals surface area contributed by atoms with Crippen molar-refractivity contribution in [1.29, 1.82) is 0 Å². The van der Waals surface area contributed by atoms with E-state index in [1.807, 2.05) is 30.3 Å². The van der Waals surface area contributed by atoms with Gasteiger partial charge in [-0.3, -0.25) is 0 Å². The average Bonchev–Trinajstić information content (AvgIpc) is 2.20. The second kappa shape index (κ2) is 5.69. The maximum atomic E-state index is 11.4. The zero-order chi connectivity index (χ0) is 9.10. The Balaban J connectivity index is 0.000000980. The second-order valence-corrected chi connectivity index (χ2v) is 2.80. The predicted octanol–water partition coefficient (Wildman–Crippen LogP) is 1.33. The first-order chi connectivity index (χ1) is 6.38. The van der Waals surface area contributed by atoms with Gasteiger partial charge in [0.1, 0.15) is 5.91 Å². The van der Waals surface area contributed by atoms with Crippen LogP contribution in [0.3, 0.4) is 0 Å². The van der Waals surface area contributed by atoms with Crippen LogP contribution in [-0.2, 0) is 4.79 Å². The third-order valence-electron chi connectivity index (χ3n) is 1.87. The molecule has 4 heteroatoms. The van der Waals surface area contributed by atoms with E-state index in [0.29, 0.717) is 13.0 Å². The molecular weight excluding hydrogens is 337 g/mol. The standard InChI is InChI=1S/C10H9N2O.Yb/c13-10-6-7-11-8-12(10)9-4-2-1-3-5-9;/h1-5H,6-7H2;/q-1;. The molecule has 1 aromatic carbocycles. The van der Waals surface area contributed by atoms with Gasteiger partial charge >= 0.3 is 0 Å². The molecule has 0 bridgehead atoms. The summed E-state index contributed by atoms with van der Waals surface area (Å²) in [6.07, 6.45) is 3.17. The van der Waals surface area contributed by atoms with Gasteiger partial charge in [0.05, 0.1) is 0 Å². The van der Waals surface area contributed by atoms with E-state index >= 15 is 0 Å². The number of carbonyl (C=O) groups excluding carboxylic acids is 1. The Morgan fingerprint density at radius 3 is 2.64 bits per heavy atom. The summed E-state index contributed by atoms with van der Waals surface area (Å²) >= 11 is 0. The van der Waals surface area contributed by atoms with Crippen molar-refractivity contribution in [3.8, 4) is 0 Å². The number of hydrogen-bond donors (Lipinski definition) is 0. The summed E-state index contributed by atoms with van der Waals surface area (Å²) < 4.78 is 0. The van der Waals surface area contributed by atoms with E-state index in [-0.39, 0.29) is 52.8 Å². The Kier molecular flexibility index (Phi) is 4.85. The molecule has 14 heavy (non-hydrogen) atoms. The van der Waals surface area contributed by atoms with Crippen molar-refractivity contribution in [2.45, 2.75) is 6.42 Å². The molecule has 2 rings (SSSR count). The summed E-state index contributed by atoms with van der Waals surface area (Å²) in [6.45, 7) is 0.558. The Morgan fingerprint density at radius 1 is 1.29 bits per heavy atom. The van der Waals surface area contributed by atoms with Gasteiger partial charge in [-0.2, -0.15) is 0 Å². The van der Waals surface area contributed by atoms with Gasteiger partial charge in [0.15, 0.2) is 0 Å². The summed E-state index contributed by atoms with van der Waals surface area (Å²) in [4.78, 5) is 16.8. The SMILES string of the molecule is O=C1CCN=[C-]N1c1ccccc1.[Yb]. The smallest absolute Gasteiger partial charge is 0.121 e. The van der Waals surface area contributed by atoms with Gasteiger partial charge in [0.25, 0.3) is 0 Å². The first-order valence-electron chi connectivity index (χ1n) is 4.18. The number of hydrogen-bond acceptors (Lipinski definition) is 2. The minimum absolute atomic E-state index is 0. The molecule has 1 heterocycles. The molecular formula is C10H9N2OYb-. The molecule has 0 saturated heterocycles. The summed E-state index contributed by atoms with van der Waals surface area (Å²) in [5, 5.41) is 0. The first-order valence-corrected chi connectivity index (χ1v) is 4.18. The number of aliphatic imine (C=N–C) groups is 1. The normalized spacial score (nSPS) is 15.1. The van der Waals surface area contributed by atoms with Gasteiger partial charge in [-0.1, -0.05) is 36.0 Å². The molecule has 80 valence electrons. The van der Waals surface area contributed by atoms with Crippen molar-refractivity contribution >= 4 is 17.9 Å². The van der Waals surface area contributed by atoms with Crippen LogP contribution in [0.1, 0.15) is 6.42 Å². The van der Waals surface area contributed by atoms with E-state index in [2.05, 4.69) is 11.3 Å². The quantitative estimate of drug-likeness (QED) is 0.706. The zero-order valence-corrected chi connectivity index (χ0v) is 9.09. The van der Waals surface area contributed by atoms with Crippen LogP contribution in [0.4, 0.5) is 5.69 Å². The van der Waals surface area contributed by atoms with Crippen LogP contribution in [0.5, 0.6) is 0 Å². The van der Waals surface area contributed by atoms with Crippen LogP contribution < -0.4 is 4.90 Å². The molecule has 1 amide bonds. The van der Waals surface area contributed by atoms with Gasteiger partial charge in [0.2, 0.25) is 0 Å². The molecule has 3 nitrogen and oxygen atoms in total. The van der Waals surface area contributed by atoms with E-state index in [0.717, 1.165) is 5.69 Å². The van der Waals surface area contributed by atoms with Crippen LogP contribution in [-0.4, -0.2) is 18.8 Å². The Bertz CT molecular complexity index is 337. The van der Waals surface area contributed by atoms with E-state index in [1.54, 1.807) is 0 Å². The summed E-state index contributed by atoms with van der Waals surface area (Å²) in [5.74, 6) is 0.0567. The van der Waals surface area contributed by atoms with Crippen molar-refractivity contribution in [2.75, 3.05) is 11.4 Å². The maximum absolute atomic E-state index is 11.4. The second-order valence-electron chi connectivity index (χ2n) is 2.80. The number of amides is 1. The fourth-order valence-electron chi connectivity index (χ4n) is 1.22. The largest absolute Gasteiger partial charge is 0.433 e. The van der Waals surface area contributed by atoms with E-state index in [9.17, 15) is 4.79 Å². The minimum Gasteiger partial charge on any atom is -0.433 e. The zero-order valence-electron chi connectivity index (χ0n) is 7.37. The molecule has 0 aliphatic carbocycles. The Hall–Kier alpha value is -0.121. The predicted molar refractivity (Wildman–Crippen MR) is 50.8 cm³/mol. The molecule has 0 spiro atoms. The summed E-state index contributed by atoms with van der Waals surface area (Å²) in [5.41, 5.74) is 0.830. The van der Waals surface area contributed by atoms with Gasteiger partial charge in [-0.25, -0.2) is 0 Å². The molecule has 1 aliphatic rings. The third kappa shape index (κ3) is 2.69. The van der Waals surface area contributed by atoms with Crippen LogP contribution in [0.15, 0.2) is 35.3 Å². The topological polar surface area (TPSA) is 32.7 Å². The van der Waals surface area contributed by atoms with Crippen LogP contribution in [0, 0.1) is 46.9 Å². The van der Waals surface area contributed by atoms with Crippen molar-refractivity contribution in [3.63, 3.8) is 0 Å². The first kappa shape index (κ1) is 12.0. The van der Waals surface area contributed by atoms with Crippen molar-refractivity contribution in [1.82, 2.24) is 0 Å². The van der Waals surface area contributed by atoms with Gasteiger partial charge in [0, 0.05) is 59.8 Å². The fourth-order valence-corrected chi connectivity index (χ4v) is 1.22. The number of nitrogens with zero attached hydrogens (tertiary/aromatic N) is 2. The Morgan fingerprint density at radius 2 is 2.00 bits per heavy atom. The number of carbonyl (C=O) groups is 1. The van der Waals surface area contributed by atoms with E-state index in [4.69, 9.17) is 0 Å². The molecule has 1 aliphatic heterocycles. The number of anilines is 1. The van der Waals surface area contributed by atoms with Crippen molar-refractivity contribution < 1.29 is 51.7 Å². The van der Waals surface area contributed by atoms with Gasteiger partial charge < -0.3 is 14.7 Å². The molecule has 0 unspecified atom stereocenters. The number of benzene rings is 1. The van der Waals surface area contributed by atoms with Crippen LogP contribution in [0.2, 0.25) is 0 Å². The van der Waals surface area contributed by atoms with E-state index < -0.39 is 0 Å². The van der Waals surface area contributed by atoms with Crippen molar-refractivity contribution in [3.05, 3.63) is 30.3 Å². The summed E-state index contributed by atoms with van der Waals surface area (Å²) in [6, 6.07) is 9.42. The molecule has 1 aromatic rings. The average molecular weight is 346 g/mol. The molecule has 0 radical (unpaired) electrons. The van der Waals surface area contributed by atoms with E-state index in [1.165, 1.54) is 4.90 Å². The number of rotatable bonds is 1. The van der Waals surface area contributed by atoms with Gasteiger partial charge in [-0.05, 0) is 6.42 Å². The number of para-hydroxylation sites is 1. The molecule has 0 N–H and O–H groups in total. The third-order valence-corrected chi connectivity index (χ3v) is 1.87. The van der Waals surface area contributed by atoms with Crippen LogP contribution >= 0.6 is 0 Å². The molecule has 0 atom stereocenters.